The average molecular weight is 442 g/mol. The van der Waals surface area contributed by atoms with Gasteiger partial charge in [-0.05, 0) is 49.8 Å². The van der Waals surface area contributed by atoms with Crippen LogP contribution in [0.2, 0.25) is 0 Å². The fourth-order valence-electron chi connectivity index (χ4n) is 4.20. The molecule has 3 heterocycles. The van der Waals surface area contributed by atoms with E-state index < -0.39 is 12.0 Å². The third-order valence-corrected chi connectivity index (χ3v) is 6.59. The topological polar surface area (TPSA) is 71.4 Å². The number of carbonyl (C=O) groups excluding carboxylic acids is 2. The van der Waals surface area contributed by atoms with Crippen LogP contribution in [0.1, 0.15) is 44.7 Å². The molecule has 1 atom stereocenters. The number of benzene rings is 1. The summed E-state index contributed by atoms with van der Waals surface area (Å²) in [4.78, 5) is 34.5. The van der Waals surface area contributed by atoms with Crippen molar-refractivity contribution in [2.24, 2.45) is 4.99 Å². The van der Waals surface area contributed by atoms with Crippen LogP contribution in [-0.2, 0) is 14.3 Å². The molecule has 0 unspecified atom stereocenters. The minimum atomic E-state index is -0.436. The lowest BCUT2D eigenvalue weighted by molar-refractivity contribution is -0.139. The minimum Gasteiger partial charge on any atom is -0.497 e. The Morgan fingerprint density at radius 1 is 1.26 bits per heavy atom. The normalized spacial score (nSPS) is 20.4. The Balaban J connectivity index is 1.73. The third kappa shape index (κ3) is 4.21. The molecule has 0 aromatic heterocycles. The van der Waals surface area contributed by atoms with Crippen LogP contribution >= 0.6 is 11.8 Å². The van der Waals surface area contributed by atoms with Gasteiger partial charge in [-0.3, -0.25) is 4.79 Å². The molecule has 1 aromatic rings. The lowest BCUT2D eigenvalue weighted by Gasteiger charge is -2.36. The van der Waals surface area contributed by atoms with E-state index in [0.29, 0.717) is 17.0 Å². The first kappa shape index (κ1) is 21.5. The predicted octanol–water partition coefficient (Wildman–Crippen LogP) is 3.85. The number of amidine groups is 1. The standard InChI is InChI=1S/C23H27N3O4S/c1-4-30-22(28)20-15(2)24-23-26(21(20)16-8-7-9-18(12-16)29-3)17(14-31-23)13-19(27)25-10-5-6-11-25/h7-9,12,14,21H,4-6,10-11,13H2,1-3H3/t21-/m0/s1. The van der Waals surface area contributed by atoms with Crippen LogP contribution in [0.5, 0.6) is 5.75 Å². The lowest BCUT2D eigenvalue weighted by atomic mass is 9.93. The van der Waals surface area contributed by atoms with E-state index in [9.17, 15) is 9.59 Å². The van der Waals surface area contributed by atoms with Gasteiger partial charge in [0.1, 0.15) is 5.75 Å². The molecule has 0 radical (unpaired) electrons. The van der Waals surface area contributed by atoms with Gasteiger partial charge in [0.25, 0.3) is 0 Å². The highest BCUT2D eigenvalue weighted by atomic mass is 32.2. The minimum absolute atomic E-state index is 0.110. The molecule has 31 heavy (non-hydrogen) atoms. The number of thioether (sulfide) groups is 1. The molecule has 4 rings (SSSR count). The van der Waals surface area contributed by atoms with Gasteiger partial charge < -0.3 is 19.3 Å². The molecule has 164 valence electrons. The zero-order chi connectivity index (χ0) is 22.0. The monoisotopic (exact) mass is 441 g/mol. The van der Waals surface area contributed by atoms with E-state index in [4.69, 9.17) is 9.47 Å². The quantitative estimate of drug-likeness (QED) is 0.625. The van der Waals surface area contributed by atoms with Crippen LogP contribution in [0, 0.1) is 0 Å². The Morgan fingerprint density at radius 2 is 2.03 bits per heavy atom. The fourth-order valence-corrected chi connectivity index (χ4v) is 5.16. The first-order valence-electron chi connectivity index (χ1n) is 10.6. The summed E-state index contributed by atoms with van der Waals surface area (Å²) < 4.78 is 10.8. The largest absolute Gasteiger partial charge is 0.497 e. The molecule has 0 N–H and O–H groups in total. The van der Waals surface area contributed by atoms with E-state index in [0.717, 1.165) is 42.4 Å². The second-order valence-corrected chi connectivity index (χ2v) is 8.49. The summed E-state index contributed by atoms with van der Waals surface area (Å²) in [5.74, 6) is 0.421. The van der Waals surface area contributed by atoms with Crippen molar-refractivity contribution >= 4 is 28.8 Å². The highest BCUT2D eigenvalue weighted by molar-refractivity contribution is 8.16. The summed E-state index contributed by atoms with van der Waals surface area (Å²) in [6, 6.07) is 7.22. The van der Waals surface area contributed by atoms with Crippen LogP contribution in [0.4, 0.5) is 0 Å². The zero-order valence-corrected chi connectivity index (χ0v) is 18.9. The van der Waals surface area contributed by atoms with E-state index in [2.05, 4.69) is 4.99 Å². The molecular formula is C23H27N3O4S. The van der Waals surface area contributed by atoms with Crippen molar-refractivity contribution in [2.75, 3.05) is 26.8 Å². The third-order valence-electron chi connectivity index (χ3n) is 5.70. The fraction of sp³-hybridized carbons (Fsp3) is 0.435. The Bertz CT molecular complexity index is 979. The van der Waals surface area contributed by atoms with Crippen molar-refractivity contribution in [2.45, 2.75) is 39.2 Å². The van der Waals surface area contributed by atoms with E-state index in [-0.39, 0.29) is 18.9 Å². The van der Waals surface area contributed by atoms with Gasteiger partial charge in [0.05, 0.1) is 37.4 Å². The van der Waals surface area contributed by atoms with E-state index in [1.807, 2.05) is 46.4 Å². The van der Waals surface area contributed by atoms with Gasteiger partial charge in [-0.2, -0.15) is 0 Å². The average Bonchev–Trinajstić information content (AvgIpc) is 3.43. The van der Waals surface area contributed by atoms with Gasteiger partial charge in [-0.15, -0.1) is 0 Å². The van der Waals surface area contributed by atoms with E-state index in [1.54, 1.807) is 14.0 Å². The van der Waals surface area contributed by atoms with E-state index >= 15 is 0 Å². The number of amides is 1. The molecule has 0 aliphatic carbocycles. The van der Waals surface area contributed by atoms with Crippen LogP contribution in [-0.4, -0.2) is 53.7 Å². The van der Waals surface area contributed by atoms with E-state index in [1.165, 1.54) is 11.8 Å². The van der Waals surface area contributed by atoms with Crippen LogP contribution in [0.25, 0.3) is 0 Å². The van der Waals surface area contributed by atoms with Crippen molar-refractivity contribution in [3.8, 4) is 5.75 Å². The predicted molar refractivity (Wildman–Crippen MR) is 120 cm³/mol. The molecule has 3 aliphatic heterocycles. The summed E-state index contributed by atoms with van der Waals surface area (Å²) in [7, 11) is 1.62. The summed E-state index contributed by atoms with van der Waals surface area (Å²) in [5, 5.41) is 2.74. The summed E-state index contributed by atoms with van der Waals surface area (Å²) in [6.07, 6.45) is 2.39. The summed E-state index contributed by atoms with van der Waals surface area (Å²) in [5.41, 5.74) is 2.85. The number of fused-ring (bicyclic) bond motifs is 1. The molecule has 0 bridgehead atoms. The maximum Gasteiger partial charge on any atom is 0.338 e. The van der Waals surface area contributed by atoms with Crippen LogP contribution < -0.4 is 4.74 Å². The molecular weight excluding hydrogens is 414 g/mol. The van der Waals surface area contributed by atoms with Crippen molar-refractivity contribution in [1.82, 2.24) is 9.80 Å². The second kappa shape index (κ2) is 9.18. The number of allylic oxidation sites excluding steroid dienone is 1. The first-order chi connectivity index (χ1) is 15.0. The summed E-state index contributed by atoms with van der Waals surface area (Å²) >= 11 is 1.48. The molecule has 8 heteroatoms. The van der Waals surface area contributed by atoms with Gasteiger partial charge in [0.15, 0.2) is 5.17 Å². The molecule has 1 amide bonds. The number of methoxy groups -OCH3 is 1. The zero-order valence-electron chi connectivity index (χ0n) is 18.1. The highest BCUT2D eigenvalue weighted by Crippen LogP contribution is 2.45. The lowest BCUT2D eigenvalue weighted by Crippen LogP contribution is -2.38. The van der Waals surface area contributed by atoms with Crippen molar-refractivity contribution in [3.63, 3.8) is 0 Å². The number of hydrogen-bond acceptors (Lipinski definition) is 7. The number of hydrogen-bond donors (Lipinski definition) is 0. The smallest absolute Gasteiger partial charge is 0.338 e. The number of aliphatic imine (C=N–C) groups is 1. The second-order valence-electron chi connectivity index (χ2n) is 7.65. The maximum absolute atomic E-state index is 13.0. The van der Waals surface area contributed by atoms with Gasteiger partial charge in [-0.25, -0.2) is 9.79 Å². The van der Waals surface area contributed by atoms with Crippen LogP contribution in [0.15, 0.2) is 51.6 Å². The number of ether oxygens (including phenoxy) is 2. The Hall–Kier alpha value is -2.74. The Morgan fingerprint density at radius 3 is 2.74 bits per heavy atom. The van der Waals surface area contributed by atoms with Gasteiger partial charge in [0, 0.05) is 18.8 Å². The highest BCUT2D eigenvalue weighted by Gasteiger charge is 2.41. The van der Waals surface area contributed by atoms with Crippen molar-refractivity contribution in [1.29, 1.82) is 0 Å². The molecule has 1 aromatic carbocycles. The van der Waals surface area contributed by atoms with Crippen LogP contribution in [0.3, 0.4) is 0 Å². The number of carbonyl (C=O) groups is 2. The molecule has 1 fully saturated rings. The first-order valence-corrected chi connectivity index (χ1v) is 11.4. The number of nitrogens with zero attached hydrogens (tertiary/aromatic N) is 3. The van der Waals surface area contributed by atoms with Gasteiger partial charge in [-0.1, -0.05) is 23.9 Å². The summed E-state index contributed by atoms with van der Waals surface area (Å²) in [6.45, 7) is 5.52. The van der Waals surface area contributed by atoms with Gasteiger partial charge >= 0.3 is 5.97 Å². The van der Waals surface area contributed by atoms with Crippen molar-refractivity contribution < 1.29 is 19.1 Å². The molecule has 3 aliphatic rings. The molecule has 0 saturated carbocycles. The molecule has 7 nitrogen and oxygen atoms in total. The Kier molecular flexibility index (Phi) is 6.36. The number of likely N-dealkylation sites (tertiary alicyclic amines) is 1. The number of esters is 1. The van der Waals surface area contributed by atoms with Gasteiger partial charge in [0.2, 0.25) is 5.91 Å². The maximum atomic E-state index is 13.0. The molecule has 0 spiro atoms. The molecule has 1 saturated heterocycles. The number of rotatable bonds is 6. The SMILES string of the molecule is CCOC(=O)C1=C(C)N=C2SC=C(CC(=O)N3CCCC3)N2[C@H]1c1cccc(OC)c1. The Labute approximate surface area is 186 Å². The van der Waals surface area contributed by atoms with Crippen molar-refractivity contribution in [3.05, 3.63) is 52.2 Å².